The highest BCUT2D eigenvalue weighted by Gasteiger charge is 2.34. The van der Waals surface area contributed by atoms with Crippen LogP contribution in [0.25, 0.3) is 6.08 Å². The molecule has 3 rings (SSSR count). The number of rotatable bonds is 2. The molecule has 1 atom stereocenters. The fourth-order valence-electron chi connectivity index (χ4n) is 2.92. The van der Waals surface area contributed by atoms with Gasteiger partial charge in [-0.2, -0.15) is 0 Å². The number of nitrogens with zero attached hydrogens (tertiary/aromatic N) is 1. The van der Waals surface area contributed by atoms with Crippen molar-refractivity contribution < 1.29 is 9.59 Å². The fraction of sp³-hybridized carbons (Fsp3) is 0.333. The van der Waals surface area contributed by atoms with Crippen molar-refractivity contribution in [3.63, 3.8) is 0 Å². The summed E-state index contributed by atoms with van der Waals surface area (Å²) in [6.07, 6.45) is 2.90. The molecule has 1 N–H and O–H groups in total. The van der Waals surface area contributed by atoms with Crippen molar-refractivity contribution in [3.8, 4) is 0 Å². The lowest BCUT2D eigenvalue weighted by Gasteiger charge is -2.29. The first-order valence-electron chi connectivity index (χ1n) is 6.50. The highest BCUT2D eigenvalue weighted by molar-refractivity contribution is 6.00. The predicted molar refractivity (Wildman–Crippen MR) is 72.0 cm³/mol. The average molecular weight is 256 g/mol. The molecule has 1 aromatic rings. The minimum absolute atomic E-state index is 0.162. The van der Waals surface area contributed by atoms with E-state index in [4.69, 9.17) is 0 Å². The summed E-state index contributed by atoms with van der Waals surface area (Å²) in [7, 11) is 0. The molecule has 2 amide bonds. The van der Waals surface area contributed by atoms with E-state index < -0.39 is 0 Å². The summed E-state index contributed by atoms with van der Waals surface area (Å²) in [5.74, 6) is -0.325. The van der Waals surface area contributed by atoms with Crippen molar-refractivity contribution in [1.82, 2.24) is 10.2 Å². The zero-order valence-electron chi connectivity index (χ0n) is 10.7. The molecule has 1 unspecified atom stereocenters. The van der Waals surface area contributed by atoms with E-state index in [1.54, 1.807) is 0 Å². The van der Waals surface area contributed by atoms with Gasteiger partial charge in [-0.1, -0.05) is 30.9 Å². The molecule has 0 aliphatic carbocycles. The first-order chi connectivity index (χ1) is 9.19. The van der Waals surface area contributed by atoms with E-state index in [-0.39, 0.29) is 17.9 Å². The summed E-state index contributed by atoms with van der Waals surface area (Å²) in [5.41, 5.74) is 3.64. The Morgan fingerprint density at radius 1 is 1.32 bits per heavy atom. The maximum atomic E-state index is 11.9. The molecule has 2 aliphatic heterocycles. The van der Waals surface area contributed by atoms with Crippen LogP contribution in [0.3, 0.4) is 0 Å². The van der Waals surface area contributed by atoms with Crippen LogP contribution < -0.4 is 5.32 Å². The van der Waals surface area contributed by atoms with Crippen molar-refractivity contribution in [2.75, 3.05) is 0 Å². The van der Waals surface area contributed by atoms with Crippen LogP contribution in [0.2, 0.25) is 0 Å². The SMILES string of the molecule is C=Cc1cccc2c1CN(C1CCC(=O)NC1=O)C2. The minimum Gasteiger partial charge on any atom is -0.295 e. The van der Waals surface area contributed by atoms with Gasteiger partial charge in [0.2, 0.25) is 11.8 Å². The molecule has 4 nitrogen and oxygen atoms in total. The third-order valence-corrected chi connectivity index (χ3v) is 3.91. The van der Waals surface area contributed by atoms with E-state index in [2.05, 4.69) is 22.9 Å². The number of nitrogens with one attached hydrogen (secondary N) is 1. The van der Waals surface area contributed by atoms with E-state index in [1.807, 2.05) is 18.2 Å². The number of hydrogen-bond donors (Lipinski definition) is 1. The maximum absolute atomic E-state index is 11.9. The summed E-state index contributed by atoms with van der Waals surface area (Å²) in [4.78, 5) is 25.2. The van der Waals surface area contributed by atoms with Crippen LogP contribution in [0.15, 0.2) is 24.8 Å². The second-order valence-corrected chi connectivity index (χ2v) is 5.06. The average Bonchev–Trinajstić information content (AvgIpc) is 2.81. The molecular weight excluding hydrogens is 240 g/mol. The molecule has 19 heavy (non-hydrogen) atoms. The quantitative estimate of drug-likeness (QED) is 0.815. The van der Waals surface area contributed by atoms with Gasteiger partial charge < -0.3 is 0 Å². The molecule has 0 saturated carbocycles. The highest BCUT2D eigenvalue weighted by Crippen LogP contribution is 2.29. The normalized spacial score (nSPS) is 23.1. The van der Waals surface area contributed by atoms with E-state index in [0.29, 0.717) is 12.8 Å². The van der Waals surface area contributed by atoms with Crippen molar-refractivity contribution in [3.05, 3.63) is 41.5 Å². The van der Waals surface area contributed by atoms with Crippen LogP contribution >= 0.6 is 0 Å². The number of amides is 2. The fourth-order valence-corrected chi connectivity index (χ4v) is 2.92. The molecule has 0 bridgehead atoms. The van der Waals surface area contributed by atoms with Gasteiger partial charge in [-0.15, -0.1) is 0 Å². The summed E-state index contributed by atoms with van der Waals surface area (Å²) in [6, 6.07) is 5.96. The molecule has 1 fully saturated rings. The Morgan fingerprint density at radius 3 is 2.89 bits per heavy atom. The van der Waals surface area contributed by atoms with Gasteiger partial charge in [0.15, 0.2) is 0 Å². The summed E-state index contributed by atoms with van der Waals surface area (Å²) < 4.78 is 0. The van der Waals surface area contributed by atoms with E-state index in [9.17, 15) is 9.59 Å². The van der Waals surface area contributed by atoms with Gasteiger partial charge in [0.25, 0.3) is 0 Å². The van der Waals surface area contributed by atoms with Crippen LogP contribution in [-0.2, 0) is 22.7 Å². The molecule has 0 radical (unpaired) electrons. The third-order valence-electron chi connectivity index (χ3n) is 3.91. The summed E-state index contributed by atoms with van der Waals surface area (Å²) in [5, 5.41) is 2.42. The first-order valence-corrected chi connectivity index (χ1v) is 6.50. The lowest BCUT2D eigenvalue weighted by molar-refractivity contribution is -0.137. The van der Waals surface area contributed by atoms with Gasteiger partial charge in [-0.25, -0.2) is 0 Å². The standard InChI is InChI=1S/C15H16N2O2/c1-2-10-4-3-5-11-8-17(9-12(10)11)13-6-7-14(18)16-15(13)19/h2-5,13H,1,6-9H2,(H,16,18,19). The first kappa shape index (κ1) is 12.1. The zero-order valence-corrected chi connectivity index (χ0v) is 10.7. The maximum Gasteiger partial charge on any atom is 0.243 e. The summed E-state index contributed by atoms with van der Waals surface area (Å²) in [6.45, 7) is 5.35. The summed E-state index contributed by atoms with van der Waals surface area (Å²) >= 11 is 0. The number of carbonyl (C=O) groups excluding carboxylic acids is 2. The van der Waals surface area contributed by atoms with Crippen molar-refractivity contribution >= 4 is 17.9 Å². The zero-order chi connectivity index (χ0) is 13.4. The van der Waals surface area contributed by atoms with Gasteiger partial charge in [0.05, 0.1) is 6.04 Å². The van der Waals surface area contributed by atoms with E-state index in [0.717, 1.165) is 18.7 Å². The largest absolute Gasteiger partial charge is 0.295 e. The lowest BCUT2D eigenvalue weighted by Crippen LogP contribution is -2.50. The molecule has 1 saturated heterocycles. The van der Waals surface area contributed by atoms with Crippen LogP contribution in [0.5, 0.6) is 0 Å². The number of imide groups is 1. The van der Waals surface area contributed by atoms with Crippen LogP contribution in [0.4, 0.5) is 0 Å². The molecule has 1 aromatic carbocycles. The van der Waals surface area contributed by atoms with Gasteiger partial charge in [-0.3, -0.25) is 19.8 Å². The van der Waals surface area contributed by atoms with Gasteiger partial charge >= 0.3 is 0 Å². The predicted octanol–water partition coefficient (Wildman–Crippen LogP) is 1.45. The minimum atomic E-state index is -0.192. The van der Waals surface area contributed by atoms with Crippen LogP contribution in [0.1, 0.15) is 29.5 Å². The van der Waals surface area contributed by atoms with Crippen molar-refractivity contribution in [2.24, 2.45) is 0 Å². The topological polar surface area (TPSA) is 49.4 Å². The number of fused-ring (bicyclic) bond motifs is 1. The monoisotopic (exact) mass is 256 g/mol. The number of hydrogen-bond acceptors (Lipinski definition) is 3. The van der Waals surface area contributed by atoms with Gasteiger partial charge in [-0.05, 0) is 23.1 Å². The molecule has 2 heterocycles. The van der Waals surface area contributed by atoms with E-state index >= 15 is 0 Å². The second-order valence-electron chi connectivity index (χ2n) is 5.06. The number of benzene rings is 1. The Hall–Kier alpha value is -1.94. The van der Waals surface area contributed by atoms with Crippen molar-refractivity contribution in [2.45, 2.75) is 32.0 Å². The Bertz CT molecular complexity index is 565. The van der Waals surface area contributed by atoms with Gasteiger partial charge in [0.1, 0.15) is 0 Å². The Kier molecular flexibility index (Phi) is 2.95. The second kappa shape index (κ2) is 4.63. The third kappa shape index (κ3) is 2.08. The van der Waals surface area contributed by atoms with Crippen LogP contribution in [0, 0.1) is 0 Å². The van der Waals surface area contributed by atoms with E-state index in [1.165, 1.54) is 11.1 Å². The molecule has 0 aromatic heterocycles. The lowest BCUT2D eigenvalue weighted by atomic mass is 10.0. The Balaban J connectivity index is 1.82. The molecule has 2 aliphatic rings. The van der Waals surface area contributed by atoms with Gasteiger partial charge in [0, 0.05) is 19.5 Å². The molecule has 4 heteroatoms. The number of carbonyl (C=O) groups is 2. The molecule has 98 valence electrons. The van der Waals surface area contributed by atoms with Crippen LogP contribution in [-0.4, -0.2) is 22.8 Å². The Morgan fingerprint density at radius 2 is 2.16 bits per heavy atom. The highest BCUT2D eigenvalue weighted by atomic mass is 16.2. The Labute approximate surface area is 112 Å². The van der Waals surface area contributed by atoms with Crippen molar-refractivity contribution in [1.29, 1.82) is 0 Å². The number of piperidine rings is 1. The molecular formula is C15H16N2O2. The molecule has 0 spiro atoms. The smallest absolute Gasteiger partial charge is 0.243 e.